The van der Waals surface area contributed by atoms with Crippen molar-refractivity contribution in [2.45, 2.75) is 39.5 Å². The van der Waals surface area contributed by atoms with Crippen LogP contribution in [-0.2, 0) is 0 Å². The van der Waals surface area contributed by atoms with Crippen LogP contribution in [0.25, 0.3) is 28.0 Å². The second-order valence-corrected chi connectivity index (χ2v) is 8.14. The molecule has 2 aromatic heterocycles. The summed E-state index contributed by atoms with van der Waals surface area (Å²) in [7, 11) is 0. The third kappa shape index (κ3) is 3.24. The Labute approximate surface area is 175 Å². The van der Waals surface area contributed by atoms with E-state index < -0.39 is 0 Å². The van der Waals surface area contributed by atoms with Crippen molar-refractivity contribution in [3.05, 3.63) is 59.9 Å². The van der Waals surface area contributed by atoms with Gasteiger partial charge in [0.2, 0.25) is 0 Å². The number of fused-ring (bicyclic) bond motifs is 1. The average Bonchev–Trinajstić information content (AvgIpc) is 3.16. The van der Waals surface area contributed by atoms with Gasteiger partial charge >= 0.3 is 0 Å². The molecule has 0 saturated carbocycles. The predicted molar refractivity (Wildman–Crippen MR) is 117 cm³/mol. The molecule has 0 atom stereocenters. The normalized spacial score (nSPS) is 11.7. The first-order valence-corrected chi connectivity index (χ1v) is 10.00. The molecular formula is C24H25N3O3. The van der Waals surface area contributed by atoms with Crippen molar-refractivity contribution in [2.24, 2.45) is 0 Å². The number of phenols is 3. The second kappa shape index (κ2) is 7.37. The Morgan fingerprint density at radius 1 is 0.833 bits per heavy atom. The second-order valence-electron chi connectivity index (χ2n) is 8.14. The van der Waals surface area contributed by atoms with E-state index in [1.807, 2.05) is 39.8 Å². The van der Waals surface area contributed by atoms with Gasteiger partial charge in [0.25, 0.3) is 0 Å². The number of hydrogen-bond donors (Lipinski definition) is 3. The Morgan fingerprint density at radius 2 is 1.50 bits per heavy atom. The molecule has 0 aliphatic heterocycles. The lowest BCUT2D eigenvalue weighted by Gasteiger charge is -2.19. The molecule has 0 spiro atoms. The fraction of sp³-hybridized carbons (Fsp3) is 0.250. The van der Waals surface area contributed by atoms with Gasteiger partial charge in [-0.25, -0.2) is 9.50 Å². The summed E-state index contributed by atoms with van der Waals surface area (Å²) >= 11 is 0. The lowest BCUT2D eigenvalue weighted by Crippen LogP contribution is -2.02. The van der Waals surface area contributed by atoms with Gasteiger partial charge in [0.1, 0.15) is 17.2 Å². The molecule has 6 heteroatoms. The van der Waals surface area contributed by atoms with E-state index in [0.29, 0.717) is 22.7 Å². The number of phenolic OH excluding ortho intramolecular Hbond substituents is 3. The van der Waals surface area contributed by atoms with Gasteiger partial charge in [0.15, 0.2) is 5.65 Å². The van der Waals surface area contributed by atoms with Crippen molar-refractivity contribution < 1.29 is 15.3 Å². The van der Waals surface area contributed by atoms with Crippen molar-refractivity contribution in [3.63, 3.8) is 0 Å². The van der Waals surface area contributed by atoms with E-state index in [1.165, 1.54) is 12.1 Å². The summed E-state index contributed by atoms with van der Waals surface area (Å²) in [4.78, 5) is 4.53. The first-order valence-electron chi connectivity index (χ1n) is 10.00. The summed E-state index contributed by atoms with van der Waals surface area (Å²) in [5, 5.41) is 35.5. The standard InChI is InChI=1S/C24H25N3O3/c1-13(2)18-9-15(10-19(14(3)4)24(18)30)20-12-25-22-7-8-26-27(22)23(20)17-6-5-16(28)11-21(17)29/h5-14,28-30H,1-4H3. The monoisotopic (exact) mass is 403 g/mol. The largest absolute Gasteiger partial charge is 0.508 e. The Hall–Kier alpha value is -3.54. The summed E-state index contributed by atoms with van der Waals surface area (Å²) in [6, 6.07) is 10.2. The zero-order chi connectivity index (χ0) is 21.6. The van der Waals surface area contributed by atoms with E-state index in [9.17, 15) is 15.3 Å². The highest BCUT2D eigenvalue weighted by molar-refractivity contribution is 5.85. The van der Waals surface area contributed by atoms with Crippen LogP contribution in [-0.4, -0.2) is 29.9 Å². The van der Waals surface area contributed by atoms with Gasteiger partial charge < -0.3 is 15.3 Å². The molecule has 4 aromatic rings. The summed E-state index contributed by atoms with van der Waals surface area (Å²) in [6.45, 7) is 8.18. The number of hydrogen-bond acceptors (Lipinski definition) is 5. The highest BCUT2D eigenvalue weighted by Gasteiger charge is 2.21. The molecule has 30 heavy (non-hydrogen) atoms. The van der Waals surface area contributed by atoms with Crippen LogP contribution in [0, 0.1) is 0 Å². The molecule has 6 nitrogen and oxygen atoms in total. The smallest absolute Gasteiger partial charge is 0.155 e. The average molecular weight is 403 g/mol. The van der Waals surface area contributed by atoms with Crippen molar-refractivity contribution in [1.29, 1.82) is 0 Å². The van der Waals surface area contributed by atoms with Crippen LogP contribution >= 0.6 is 0 Å². The predicted octanol–water partition coefficient (Wildman–Crippen LogP) is 5.43. The first kappa shape index (κ1) is 19.8. The highest BCUT2D eigenvalue weighted by Crippen LogP contribution is 2.42. The fourth-order valence-electron chi connectivity index (χ4n) is 3.78. The number of aromatic hydroxyl groups is 3. The Balaban J connectivity index is 2.08. The molecule has 0 aliphatic rings. The molecule has 0 unspecified atom stereocenters. The minimum absolute atomic E-state index is 0.0163. The molecule has 0 bridgehead atoms. The van der Waals surface area contributed by atoms with Crippen LogP contribution in [0.5, 0.6) is 17.2 Å². The van der Waals surface area contributed by atoms with Crippen molar-refractivity contribution >= 4 is 5.65 Å². The van der Waals surface area contributed by atoms with Crippen LogP contribution in [0.4, 0.5) is 0 Å². The molecule has 0 saturated heterocycles. The van der Waals surface area contributed by atoms with Gasteiger partial charge in [-0.3, -0.25) is 0 Å². The summed E-state index contributed by atoms with van der Waals surface area (Å²) in [6.07, 6.45) is 3.42. The third-order valence-corrected chi connectivity index (χ3v) is 5.38. The number of rotatable bonds is 4. The summed E-state index contributed by atoms with van der Waals surface area (Å²) in [5.74, 6) is 0.526. The minimum Gasteiger partial charge on any atom is -0.508 e. The maximum Gasteiger partial charge on any atom is 0.155 e. The summed E-state index contributed by atoms with van der Waals surface area (Å²) < 4.78 is 1.68. The number of benzene rings is 2. The summed E-state index contributed by atoms with van der Waals surface area (Å²) in [5.41, 5.74) is 5.22. The molecule has 4 rings (SSSR count). The molecule has 0 radical (unpaired) electrons. The Morgan fingerprint density at radius 3 is 2.10 bits per heavy atom. The maximum atomic E-state index is 10.8. The Kier molecular flexibility index (Phi) is 4.86. The topological polar surface area (TPSA) is 90.9 Å². The van der Waals surface area contributed by atoms with Crippen LogP contribution in [0.3, 0.4) is 0 Å². The molecule has 154 valence electrons. The lowest BCUT2D eigenvalue weighted by atomic mass is 9.88. The Bertz CT molecular complexity index is 1210. The van der Waals surface area contributed by atoms with Crippen LogP contribution in [0.15, 0.2) is 48.8 Å². The van der Waals surface area contributed by atoms with E-state index in [4.69, 9.17) is 0 Å². The van der Waals surface area contributed by atoms with E-state index in [0.717, 1.165) is 22.3 Å². The van der Waals surface area contributed by atoms with Crippen molar-refractivity contribution in [2.75, 3.05) is 0 Å². The molecule has 2 aromatic carbocycles. The third-order valence-electron chi connectivity index (χ3n) is 5.38. The van der Waals surface area contributed by atoms with Crippen molar-refractivity contribution in [3.8, 4) is 39.6 Å². The minimum atomic E-state index is -0.0498. The van der Waals surface area contributed by atoms with Crippen LogP contribution < -0.4 is 0 Å². The first-order chi connectivity index (χ1) is 14.3. The van der Waals surface area contributed by atoms with E-state index >= 15 is 0 Å². The molecule has 2 heterocycles. The van der Waals surface area contributed by atoms with Crippen LogP contribution in [0.1, 0.15) is 50.7 Å². The van der Waals surface area contributed by atoms with Crippen molar-refractivity contribution in [1.82, 2.24) is 14.6 Å². The zero-order valence-corrected chi connectivity index (χ0v) is 17.5. The van der Waals surface area contributed by atoms with Gasteiger partial charge in [-0.2, -0.15) is 5.10 Å². The van der Waals surface area contributed by atoms with Gasteiger partial charge in [0, 0.05) is 29.5 Å². The number of nitrogens with zero attached hydrogens (tertiary/aromatic N) is 3. The van der Waals surface area contributed by atoms with E-state index in [-0.39, 0.29) is 23.3 Å². The van der Waals surface area contributed by atoms with Gasteiger partial charge in [-0.1, -0.05) is 27.7 Å². The maximum absolute atomic E-state index is 10.8. The lowest BCUT2D eigenvalue weighted by molar-refractivity contribution is 0.451. The fourth-order valence-corrected chi connectivity index (χ4v) is 3.78. The van der Waals surface area contributed by atoms with E-state index in [2.05, 4.69) is 10.1 Å². The quantitative estimate of drug-likeness (QED) is 0.423. The molecule has 0 fully saturated rings. The SMILES string of the molecule is CC(C)c1cc(-c2cnc3ccnn3c2-c2ccc(O)cc2O)cc(C(C)C)c1O. The zero-order valence-electron chi connectivity index (χ0n) is 17.5. The van der Waals surface area contributed by atoms with Gasteiger partial charge in [-0.15, -0.1) is 0 Å². The number of aromatic nitrogens is 3. The molecule has 0 amide bonds. The van der Waals surface area contributed by atoms with Gasteiger partial charge in [-0.05, 0) is 52.8 Å². The molecule has 3 N–H and O–H groups in total. The molecule has 0 aliphatic carbocycles. The van der Waals surface area contributed by atoms with Crippen LogP contribution in [0.2, 0.25) is 0 Å². The highest BCUT2D eigenvalue weighted by atomic mass is 16.3. The van der Waals surface area contributed by atoms with E-state index in [1.54, 1.807) is 29.0 Å². The van der Waals surface area contributed by atoms with Gasteiger partial charge in [0.05, 0.1) is 11.9 Å². The molecular weight excluding hydrogens is 378 g/mol.